The molecule has 0 amide bonds. The van der Waals surface area contributed by atoms with Gasteiger partial charge in [0.15, 0.2) is 0 Å². The van der Waals surface area contributed by atoms with Crippen LogP contribution in [0.15, 0.2) is 17.5 Å². The molecule has 0 aliphatic carbocycles. The fourth-order valence-electron chi connectivity index (χ4n) is 0.281. The number of aliphatic imine (C=N–C) groups is 1. The van der Waals surface area contributed by atoms with Crippen LogP contribution < -0.4 is 0 Å². The number of rotatable bonds is 0. The highest BCUT2D eigenvalue weighted by molar-refractivity contribution is 7.79. The summed E-state index contributed by atoms with van der Waals surface area (Å²) < 4.78 is 36.3. The standard InChI is InChI=1S/C4H5NO.H2O4S/c1-3-6-4-2-5-1;1-5(2,3)4/h1-3H,4H2;(H2,1,2,3,4). The van der Waals surface area contributed by atoms with E-state index in [4.69, 9.17) is 22.3 Å². The first-order chi connectivity index (χ1) is 5.00. The van der Waals surface area contributed by atoms with Gasteiger partial charge in [0.25, 0.3) is 0 Å². The predicted octanol–water partition coefficient (Wildman–Crippen LogP) is -0.0942. The van der Waals surface area contributed by atoms with Gasteiger partial charge in [-0.3, -0.25) is 14.1 Å². The molecule has 1 rings (SSSR count). The molecule has 0 saturated heterocycles. The van der Waals surface area contributed by atoms with Gasteiger partial charge in [0.2, 0.25) is 0 Å². The fourth-order valence-corrected chi connectivity index (χ4v) is 0.281. The van der Waals surface area contributed by atoms with Gasteiger partial charge in [-0.15, -0.1) is 0 Å². The Bertz CT molecular complexity index is 221. The molecule has 1 heterocycles. The van der Waals surface area contributed by atoms with Gasteiger partial charge >= 0.3 is 10.4 Å². The zero-order valence-electron chi connectivity index (χ0n) is 5.41. The Kier molecular flexibility index (Phi) is 4.42. The molecule has 0 fully saturated rings. The van der Waals surface area contributed by atoms with Crippen LogP contribution in [0.1, 0.15) is 0 Å². The van der Waals surface area contributed by atoms with E-state index in [-0.39, 0.29) is 0 Å². The van der Waals surface area contributed by atoms with Crippen molar-refractivity contribution in [3.8, 4) is 0 Å². The van der Waals surface area contributed by atoms with Crippen LogP contribution in [0.2, 0.25) is 0 Å². The van der Waals surface area contributed by atoms with E-state index in [1.807, 2.05) is 0 Å². The Morgan fingerprint density at radius 3 is 2.09 bits per heavy atom. The second kappa shape index (κ2) is 4.83. The monoisotopic (exact) mass is 181 g/mol. The van der Waals surface area contributed by atoms with Gasteiger partial charge < -0.3 is 4.74 Å². The highest BCUT2D eigenvalue weighted by atomic mass is 32.3. The Hall–Kier alpha value is -0.920. The molecule has 7 heteroatoms. The molecular weight excluding hydrogens is 174 g/mol. The van der Waals surface area contributed by atoms with Gasteiger partial charge in [-0.1, -0.05) is 0 Å². The molecule has 0 aromatic carbocycles. The maximum atomic E-state index is 8.74. The normalized spacial score (nSPS) is 14.7. The van der Waals surface area contributed by atoms with Crippen LogP contribution >= 0.6 is 0 Å². The molecule has 0 saturated carbocycles. The first-order valence-electron chi connectivity index (χ1n) is 2.48. The topological polar surface area (TPSA) is 96.2 Å². The van der Waals surface area contributed by atoms with E-state index < -0.39 is 10.4 Å². The van der Waals surface area contributed by atoms with E-state index in [9.17, 15) is 0 Å². The van der Waals surface area contributed by atoms with Crippen molar-refractivity contribution in [3.63, 3.8) is 0 Å². The molecule has 11 heavy (non-hydrogen) atoms. The molecule has 1 aliphatic heterocycles. The van der Waals surface area contributed by atoms with Crippen molar-refractivity contribution in [3.05, 3.63) is 12.5 Å². The lowest BCUT2D eigenvalue weighted by atomic mass is 10.7. The molecule has 0 radical (unpaired) electrons. The van der Waals surface area contributed by atoms with Gasteiger partial charge in [0.05, 0.1) is 6.20 Å². The maximum Gasteiger partial charge on any atom is 0.394 e. The fraction of sp³-hybridized carbons (Fsp3) is 0.250. The van der Waals surface area contributed by atoms with E-state index in [1.54, 1.807) is 18.7 Å². The molecule has 64 valence electrons. The zero-order valence-corrected chi connectivity index (χ0v) is 6.23. The van der Waals surface area contributed by atoms with E-state index >= 15 is 0 Å². The average molecular weight is 181 g/mol. The molecule has 0 aromatic rings. The van der Waals surface area contributed by atoms with Crippen molar-refractivity contribution < 1.29 is 22.3 Å². The molecule has 0 atom stereocenters. The highest BCUT2D eigenvalue weighted by Gasteiger charge is 1.84. The molecule has 6 nitrogen and oxygen atoms in total. The average Bonchev–Trinajstić information content (AvgIpc) is 1.88. The van der Waals surface area contributed by atoms with E-state index in [0.29, 0.717) is 6.61 Å². The summed E-state index contributed by atoms with van der Waals surface area (Å²) in [6.07, 6.45) is 4.89. The summed E-state index contributed by atoms with van der Waals surface area (Å²) in [7, 11) is -4.67. The molecule has 0 spiro atoms. The molecule has 0 aromatic heterocycles. The summed E-state index contributed by atoms with van der Waals surface area (Å²) in [6.45, 7) is 0.622. The molecule has 1 aliphatic rings. The predicted molar refractivity (Wildman–Crippen MR) is 37.8 cm³/mol. The van der Waals surface area contributed by atoms with Crippen molar-refractivity contribution >= 4 is 16.6 Å². The molecule has 0 bridgehead atoms. The van der Waals surface area contributed by atoms with Crippen LogP contribution in [0.25, 0.3) is 0 Å². The summed E-state index contributed by atoms with van der Waals surface area (Å²) >= 11 is 0. The van der Waals surface area contributed by atoms with Crippen LogP contribution in [0, 0.1) is 0 Å². The Morgan fingerprint density at radius 1 is 1.45 bits per heavy atom. The Balaban J connectivity index is 0.000000187. The van der Waals surface area contributed by atoms with E-state index in [2.05, 4.69) is 4.99 Å². The SMILES string of the molecule is C1=COCC=N1.O=S(=O)(O)O. The van der Waals surface area contributed by atoms with Crippen LogP contribution in [-0.4, -0.2) is 30.3 Å². The minimum atomic E-state index is -4.67. The number of hydrogen-bond donors (Lipinski definition) is 2. The van der Waals surface area contributed by atoms with Gasteiger partial charge in [0.1, 0.15) is 12.9 Å². The third-order valence-corrected chi connectivity index (χ3v) is 0.519. The van der Waals surface area contributed by atoms with Crippen LogP contribution in [0.4, 0.5) is 0 Å². The van der Waals surface area contributed by atoms with Crippen molar-refractivity contribution in [1.29, 1.82) is 0 Å². The minimum absolute atomic E-state index is 0.622. The highest BCUT2D eigenvalue weighted by Crippen LogP contribution is 1.82. The molecule has 0 unspecified atom stereocenters. The summed E-state index contributed by atoms with van der Waals surface area (Å²) in [5.74, 6) is 0. The summed E-state index contributed by atoms with van der Waals surface area (Å²) in [5.41, 5.74) is 0. The van der Waals surface area contributed by atoms with Crippen molar-refractivity contribution in [2.24, 2.45) is 4.99 Å². The van der Waals surface area contributed by atoms with Crippen LogP contribution in [0.5, 0.6) is 0 Å². The third-order valence-electron chi connectivity index (χ3n) is 0.519. The summed E-state index contributed by atoms with van der Waals surface area (Å²) in [6, 6.07) is 0. The first-order valence-corrected chi connectivity index (χ1v) is 3.88. The summed E-state index contributed by atoms with van der Waals surface area (Å²) in [5, 5.41) is 0. The largest absolute Gasteiger partial charge is 0.494 e. The van der Waals surface area contributed by atoms with Gasteiger partial charge in [0, 0.05) is 6.21 Å². The lowest BCUT2D eigenvalue weighted by Gasteiger charge is -1.94. The van der Waals surface area contributed by atoms with E-state index in [0.717, 1.165) is 0 Å². The van der Waals surface area contributed by atoms with Gasteiger partial charge in [-0.2, -0.15) is 8.42 Å². The van der Waals surface area contributed by atoms with Crippen molar-refractivity contribution in [1.82, 2.24) is 0 Å². The zero-order chi connectivity index (χ0) is 8.74. The second-order valence-corrected chi connectivity index (χ2v) is 2.29. The Morgan fingerprint density at radius 2 is 2.00 bits per heavy atom. The van der Waals surface area contributed by atoms with E-state index in [1.165, 1.54) is 0 Å². The van der Waals surface area contributed by atoms with Gasteiger partial charge in [-0.25, -0.2) is 0 Å². The van der Waals surface area contributed by atoms with Gasteiger partial charge in [-0.05, 0) is 0 Å². The van der Waals surface area contributed by atoms with Crippen molar-refractivity contribution in [2.45, 2.75) is 0 Å². The third kappa shape index (κ3) is 17.6. The number of hydrogen-bond acceptors (Lipinski definition) is 4. The minimum Gasteiger partial charge on any atom is -0.494 e. The maximum absolute atomic E-state index is 8.74. The quantitative estimate of drug-likeness (QED) is 0.509. The molecule has 2 N–H and O–H groups in total. The molecular formula is C4H7NO5S. The smallest absolute Gasteiger partial charge is 0.394 e. The summed E-state index contributed by atoms with van der Waals surface area (Å²) in [4.78, 5) is 3.75. The Labute approximate surface area is 63.8 Å². The van der Waals surface area contributed by atoms with Crippen LogP contribution in [0.3, 0.4) is 0 Å². The van der Waals surface area contributed by atoms with Crippen LogP contribution in [-0.2, 0) is 15.1 Å². The number of nitrogens with zero attached hydrogens (tertiary/aromatic N) is 1. The lowest BCUT2D eigenvalue weighted by molar-refractivity contribution is 0.300. The number of ether oxygens (including phenoxy) is 1. The lowest BCUT2D eigenvalue weighted by Crippen LogP contribution is -1.90. The second-order valence-electron chi connectivity index (χ2n) is 1.40. The van der Waals surface area contributed by atoms with Crippen molar-refractivity contribution in [2.75, 3.05) is 6.61 Å². The first kappa shape index (κ1) is 10.1.